The molecule has 0 aromatic carbocycles. The second-order valence-electron chi connectivity index (χ2n) is 15.5. The van der Waals surface area contributed by atoms with Crippen LogP contribution in [0.25, 0.3) is 0 Å². The second kappa shape index (κ2) is 16.1. The number of nitrogens with zero attached hydrogens (tertiary/aromatic N) is 2. The lowest BCUT2D eigenvalue weighted by Gasteiger charge is -2.36. The molecule has 6 atom stereocenters. The van der Waals surface area contributed by atoms with Crippen molar-refractivity contribution >= 4 is 39.6 Å². The van der Waals surface area contributed by atoms with E-state index in [0.717, 1.165) is 38.4 Å². The molecule has 0 aromatic rings. The highest BCUT2D eigenvalue weighted by Crippen LogP contribution is 2.65. The smallest absolute Gasteiger partial charge is 0.315 e. The predicted molar refractivity (Wildman–Crippen MR) is 184 cm³/mol. The van der Waals surface area contributed by atoms with Crippen LogP contribution in [0, 0.1) is 22.7 Å². The van der Waals surface area contributed by atoms with Gasteiger partial charge in [0.25, 0.3) is 5.91 Å². The molecule has 1 aliphatic carbocycles. The minimum Gasteiger partial charge on any atom is -0.346 e. The van der Waals surface area contributed by atoms with Crippen LogP contribution in [0.5, 0.6) is 0 Å². The maximum Gasteiger partial charge on any atom is 0.315 e. The molecule has 2 aliphatic heterocycles. The number of hydrogen-bond acceptors (Lipinski definition) is 7. The van der Waals surface area contributed by atoms with E-state index in [1.165, 1.54) is 17.4 Å². The first kappa shape index (κ1) is 39.4. The summed E-state index contributed by atoms with van der Waals surface area (Å²) in [7, 11) is -2.04. The second-order valence-corrected chi connectivity index (χ2v) is 17.6. The summed E-state index contributed by atoms with van der Waals surface area (Å²) in [5, 5.41) is 11.1. The summed E-state index contributed by atoms with van der Waals surface area (Å²) in [6, 6.07) is -3.94. The number of sulfonamides is 1. The third-order valence-corrected chi connectivity index (χ3v) is 11.8. The molecule has 0 bridgehead atoms. The summed E-state index contributed by atoms with van der Waals surface area (Å²) in [6.45, 7) is 13.9. The quantitative estimate of drug-likeness (QED) is 0.212. The highest BCUT2D eigenvalue weighted by Gasteiger charge is 2.69. The Morgan fingerprint density at radius 2 is 1.65 bits per heavy atom. The van der Waals surface area contributed by atoms with Crippen molar-refractivity contribution in [3.05, 3.63) is 12.7 Å². The number of hydrogen-bond donors (Lipinski definition) is 4. The first-order valence-electron chi connectivity index (χ1n) is 17.3. The largest absolute Gasteiger partial charge is 0.346 e. The number of likely N-dealkylation sites (N-methyl/N-ethyl adjacent to an activating group) is 1. The van der Waals surface area contributed by atoms with Crippen LogP contribution >= 0.6 is 0 Å². The third-order valence-electron chi connectivity index (χ3n) is 10.5. The van der Waals surface area contributed by atoms with Gasteiger partial charge in [0.15, 0.2) is 0 Å². The molecule has 272 valence electrons. The number of amides is 5. The van der Waals surface area contributed by atoms with Gasteiger partial charge in [0.1, 0.15) is 12.1 Å². The van der Waals surface area contributed by atoms with Crippen molar-refractivity contribution in [1.29, 1.82) is 0 Å². The van der Waals surface area contributed by atoms with Gasteiger partial charge >= 0.3 is 6.03 Å². The minimum absolute atomic E-state index is 0.0483. The summed E-state index contributed by atoms with van der Waals surface area (Å²) in [4.78, 5) is 69.1. The van der Waals surface area contributed by atoms with Crippen molar-refractivity contribution in [3.63, 3.8) is 0 Å². The number of ketones is 1. The Balaban J connectivity index is 1.87. The topological polar surface area (TPSA) is 174 Å². The first-order chi connectivity index (χ1) is 22.3. The Bertz CT molecular complexity index is 1330. The van der Waals surface area contributed by atoms with Crippen molar-refractivity contribution in [2.24, 2.45) is 22.7 Å². The summed E-state index contributed by atoms with van der Waals surface area (Å²) < 4.78 is 25.4. The first-order valence-corrected chi connectivity index (χ1v) is 19.2. The molecule has 0 aromatic heterocycles. The molecule has 13 nitrogen and oxygen atoms in total. The molecule has 0 unspecified atom stereocenters. The zero-order chi connectivity index (χ0) is 36.0. The Kier molecular flexibility index (Phi) is 13.3. The van der Waals surface area contributed by atoms with Crippen LogP contribution in [-0.4, -0.2) is 104 Å². The number of carbonyl (C=O) groups excluding carboxylic acids is 5. The van der Waals surface area contributed by atoms with E-state index in [-0.39, 0.29) is 36.2 Å². The molecule has 1 saturated carbocycles. The summed E-state index contributed by atoms with van der Waals surface area (Å²) in [5.74, 6) is -2.39. The van der Waals surface area contributed by atoms with Gasteiger partial charge in [0, 0.05) is 32.7 Å². The molecular weight excluding hydrogens is 636 g/mol. The minimum atomic E-state index is -3.49. The monoisotopic (exact) mass is 694 g/mol. The number of rotatable bonds is 9. The van der Waals surface area contributed by atoms with Crippen LogP contribution in [0.1, 0.15) is 92.4 Å². The number of nitrogens with one attached hydrogen (secondary N) is 4. The molecule has 4 N–H and O–H groups in total. The van der Waals surface area contributed by atoms with Crippen LogP contribution < -0.4 is 21.3 Å². The van der Waals surface area contributed by atoms with E-state index in [9.17, 15) is 32.4 Å². The summed E-state index contributed by atoms with van der Waals surface area (Å²) in [5.41, 5.74) is -0.686. The molecule has 0 spiro atoms. The fourth-order valence-corrected chi connectivity index (χ4v) is 7.49. The van der Waals surface area contributed by atoms with Crippen LogP contribution in [0.4, 0.5) is 4.79 Å². The Hall–Kier alpha value is -3.00. The summed E-state index contributed by atoms with van der Waals surface area (Å²) >= 11 is 0. The Morgan fingerprint density at radius 3 is 2.21 bits per heavy atom. The molecular formula is C34H58N6O7S. The lowest BCUT2D eigenvalue weighted by molar-refractivity contribution is -0.144. The van der Waals surface area contributed by atoms with E-state index in [0.29, 0.717) is 32.2 Å². The molecule has 14 heteroatoms. The molecule has 0 radical (unpaired) electrons. The lowest BCUT2D eigenvalue weighted by atomic mass is 9.86. The van der Waals surface area contributed by atoms with Crippen molar-refractivity contribution in [2.75, 3.05) is 32.9 Å². The maximum atomic E-state index is 14.3. The van der Waals surface area contributed by atoms with E-state index in [2.05, 4.69) is 41.7 Å². The average Bonchev–Trinajstić information content (AvgIpc) is 3.30. The van der Waals surface area contributed by atoms with Crippen LogP contribution in [0.3, 0.4) is 0 Å². The fraction of sp³-hybridized carbons (Fsp3) is 0.794. The predicted octanol–water partition coefficient (Wildman–Crippen LogP) is 2.32. The third kappa shape index (κ3) is 10.0. The van der Waals surface area contributed by atoms with Gasteiger partial charge in [-0.25, -0.2) is 17.5 Å². The number of piperidine rings is 1. The molecule has 3 fully saturated rings. The van der Waals surface area contributed by atoms with Gasteiger partial charge in [-0.15, -0.1) is 6.58 Å². The zero-order valence-electron chi connectivity index (χ0n) is 29.9. The van der Waals surface area contributed by atoms with Crippen molar-refractivity contribution < 1.29 is 32.4 Å². The standard InChI is InChI=1S/C34H58N6O7S/c1-9-19-35-30(43)28(41)23-17-15-13-11-10-12-14-16-18-24(31(44)40-20-22-26(34(22,5)6)27(40)29(42)36-23)37-32(45)38-25(33(2,3)4)21-39(7)48(8,46)47/h9,22-27H,1,10-21H2,2-8H3,(H,35,43)(H,36,42)(H2,37,38,45)/t22-,23+,24+,25+,26-,27-/m0/s1. The van der Waals surface area contributed by atoms with Gasteiger partial charge in [-0.2, -0.15) is 0 Å². The highest BCUT2D eigenvalue weighted by molar-refractivity contribution is 7.88. The van der Waals surface area contributed by atoms with E-state index in [4.69, 9.17) is 0 Å². The van der Waals surface area contributed by atoms with Gasteiger partial charge in [0.2, 0.25) is 27.6 Å². The molecule has 48 heavy (non-hydrogen) atoms. The molecule has 2 heterocycles. The SMILES string of the molecule is C=CCNC(=O)C(=O)[C@H]1CCCCCCCCC[C@@H](NC(=O)N[C@H](CN(C)S(C)(=O)=O)C(C)(C)C)C(=O)N2C[C@H]3[C@@H]([C@H]2C(=O)N1)C3(C)C. The van der Waals surface area contributed by atoms with Crippen LogP contribution in [-0.2, 0) is 29.2 Å². The fourth-order valence-electron chi connectivity index (χ4n) is 7.07. The molecule has 3 rings (SSSR count). The number of carbonyl (C=O) groups is 5. The van der Waals surface area contributed by atoms with Gasteiger partial charge < -0.3 is 26.2 Å². The number of fused-ring (bicyclic) bond motifs is 3. The van der Waals surface area contributed by atoms with Crippen molar-refractivity contribution in [2.45, 2.75) is 117 Å². The number of Topliss-reactive ketones (excluding diaryl/α,β-unsaturated/α-hetero) is 1. The van der Waals surface area contributed by atoms with Gasteiger partial charge in [0.05, 0.1) is 12.3 Å². The van der Waals surface area contributed by atoms with E-state index in [1.807, 2.05) is 20.8 Å². The molecule has 5 amide bonds. The van der Waals surface area contributed by atoms with Crippen molar-refractivity contribution in [1.82, 2.24) is 30.5 Å². The molecule has 2 saturated heterocycles. The Morgan fingerprint density at radius 1 is 1.06 bits per heavy atom. The Labute approximate surface area is 286 Å². The maximum absolute atomic E-state index is 14.3. The van der Waals surface area contributed by atoms with E-state index in [1.54, 1.807) is 4.90 Å². The molecule has 3 aliphatic rings. The van der Waals surface area contributed by atoms with Crippen LogP contribution in [0.15, 0.2) is 12.7 Å². The average molecular weight is 695 g/mol. The normalized spacial score (nSPS) is 27.6. The highest BCUT2D eigenvalue weighted by atomic mass is 32.2. The van der Waals surface area contributed by atoms with Gasteiger partial charge in [-0.3, -0.25) is 19.2 Å². The zero-order valence-corrected chi connectivity index (χ0v) is 30.7. The summed E-state index contributed by atoms with van der Waals surface area (Å²) in [6.07, 6.45) is 9.22. The van der Waals surface area contributed by atoms with Gasteiger partial charge in [-0.05, 0) is 35.5 Å². The number of urea groups is 1. The van der Waals surface area contributed by atoms with Crippen molar-refractivity contribution in [3.8, 4) is 0 Å². The van der Waals surface area contributed by atoms with Gasteiger partial charge in [-0.1, -0.05) is 85.6 Å². The van der Waals surface area contributed by atoms with Crippen LogP contribution in [0.2, 0.25) is 0 Å². The van der Waals surface area contributed by atoms with E-state index >= 15 is 0 Å². The lowest BCUT2D eigenvalue weighted by Crippen LogP contribution is -2.60. The van der Waals surface area contributed by atoms with E-state index < -0.39 is 63.2 Å².